The molecule has 1 saturated heterocycles. The Morgan fingerprint density at radius 1 is 1.41 bits per heavy atom. The van der Waals surface area contributed by atoms with E-state index in [1.54, 1.807) is 0 Å². The van der Waals surface area contributed by atoms with E-state index in [0.717, 1.165) is 25.9 Å². The highest BCUT2D eigenvalue weighted by atomic mass is 16.4. The molecule has 1 fully saturated rings. The fourth-order valence-corrected chi connectivity index (χ4v) is 2.80. The van der Waals surface area contributed by atoms with Crippen molar-refractivity contribution in [2.45, 2.75) is 46.1 Å². The first-order valence-corrected chi connectivity index (χ1v) is 6.46. The van der Waals surface area contributed by atoms with Gasteiger partial charge < -0.3 is 15.7 Å². The standard InChI is InChI=1S/C13H26N2O2/c1-13(2,3)7-10-6-11(14)9-15(8-10)5-4-12(16)17/h10-11H,4-9,14H2,1-3H3,(H,16,17). The zero-order chi connectivity index (χ0) is 13.1. The van der Waals surface area contributed by atoms with Gasteiger partial charge in [-0.1, -0.05) is 20.8 Å². The van der Waals surface area contributed by atoms with E-state index >= 15 is 0 Å². The fraction of sp³-hybridized carbons (Fsp3) is 0.923. The molecule has 0 amide bonds. The lowest BCUT2D eigenvalue weighted by atomic mass is 9.80. The summed E-state index contributed by atoms with van der Waals surface area (Å²) in [5, 5.41) is 8.70. The molecule has 0 aromatic carbocycles. The first kappa shape index (κ1) is 14.5. The van der Waals surface area contributed by atoms with Gasteiger partial charge >= 0.3 is 5.97 Å². The molecule has 0 aliphatic carbocycles. The SMILES string of the molecule is CC(C)(C)CC1CC(N)CN(CCC(=O)O)C1. The molecule has 2 unspecified atom stereocenters. The maximum absolute atomic E-state index is 10.6. The van der Waals surface area contributed by atoms with Crippen LogP contribution in [0.25, 0.3) is 0 Å². The highest BCUT2D eigenvalue weighted by Gasteiger charge is 2.28. The van der Waals surface area contributed by atoms with Crippen molar-refractivity contribution in [2.24, 2.45) is 17.1 Å². The zero-order valence-corrected chi connectivity index (χ0v) is 11.3. The maximum Gasteiger partial charge on any atom is 0.304 e. The van der Waals surface area contributed by atoms with Crippen molar-refractivity contribution in [3.8, 4) is 0 Å². The van der Waals surface area contributed by atoms with Gasteiger partial charge in [0.05, 0.1) is 6.42 Å². The molecule has 1 heterocycles. The summed E-state index contributed by atoms with van der Waals surface area (Å²) < 4.78 is 0. The Labute approximate surface area is 104 Å². The molecule has 0 bridgehead atoms. The number of carboxylic acids is 1. The Bertz CT molecular complexity index is 261. The zero-order valence-electron chi connectivity index (χ0n) is 11.3. The monoisotopic (exact) mass is 242 g/mol. The minimum atomic E-state index is -0.725. The third-order valence-corrected chi connectivity index (χ3v) is 3.19. The molecule has 0 aromatic rings. The van der Waals surface area contributed by atoms with Crippen molar-refractivity contribution in [2.75, 3.05) is 19.6 Å². The van der Waals surface area contributed by atoms with Gasteiger partial charge in [-0.05, 0) is 24.2 Å². The van der Waals surface area contributed by atoms with Crippen LogP contribution in [0.1, 0.15) is 40.0 Å². The number of hydrogen-bond acceptors (Lipinski definition) is 3. The van der Waals surface area contributed by atoms with Crippen LogP contribution >= 0.6 is 0 Å². The Kier molecular flexibility index (Phi) is 4.95. The number of nitrogens with two attached hydrogens (primary N) is 1. The van der Waals surface area contributed by atoms with Crippen LogP contribution in [0.4, 0.5) is 0 Å². The van der Waals surface area contributed by atoms with E-state index in [1.165, 1.54) is 0 Å². The Morgan fingerprint density at radius 3 is 2.59 bits per heavy atom. The Morgan fingerprint density at radius 2 is 2.06 bits per heavy atom. The first-order valence-electron chi connectivity index (χ1n) is 6.46. The highest BCUT2D eigenvalue weighted by molar-refractivity contribution is 5.66. The van der Waals surface area contributed by atoms with Crippen LogP contribution in [-0.4, -0.2) is 41.7 Å². The predicted molar refractivity (Wildman–Crippen MR) is 68.8 cm³/mol. The van der Waals surface area contributed by atoms with E-state index in [4.69, 9.17) is 10.8 Å². The lowest BCUT2D eigenvalue weighted by molar-refractivity contribution is -0.137. The molecule has 4 nitrogen and oxygen atoms in total. The second kappa shape index (κ2) is 5.83. The molecule has 3 N–H and O–H groups in total. The molecule has 0 spiro atoms. The smallest absolute Gasteiger partial charge is 0.304 e. The van der Waals surface area contributed by atoms with Gasteiger partial charge in [-0.3, -0.25) is 4.79 Å². The third-order valence-electron chi connectivity index (χ3n) is 3.19. The molecule has 4 heteroatoms. The quantitative estimate of drug-likeness (QED) is 0.785. The normalized spacial score (nSPS) is 27.1. The first-order chi connectivity index (χ1) is 7.76. The average Bonchev–Trinajstić information content (AvgIpc) is 2.10. The van der Waals surface area contributed by atoms with Crippen molar-refractivity contribution >= 4 is 5.97 Å². The molecule has 17 heavy (non-hydrogen) atoms. The summed E-state index contributed by atoms with van der Waals surface area (Å²) in [5.41, 5.74) is 6.37. The van der Waals surface area contributed by atoms with E-state index in [9.17, 15) is 4.79 Å². The molecule has 0 saturated carbocycles. The molecule has 1 aliphatic rings. The van der Waals surface area contributed by atoms with Crippen LogP contribution < -0.4 is 5.73 Å². The summed E-state index contributed by atoms with van der Waals surface area (Å²) in [6.07, 6.45) is 2.44. The lowest BCUT2D eigenvalue weighted by Gasteiger charge is -2.38. The van der Waals surface area contributed by atoms with E-state index < -0.39 is 5.97 Å². The largest absolute Gasteiger partial charge is 0.481 e. The highest BCUT2D eigenvalue weighted by Crippen LogP contribution is 2.29. The van der Waals surface area contributed by atoms with Crippen LogP contribution in [0.15, 0.2) is 0 Å². The van der Waals surface area contributed by atoms with Gasteiger partial charge in [0.2, 0.25) is 0 Å². The van der Waals surface area contributed by atoms with Crippen molar-refractivity contribution in [3.63, 3.8) is 0 Å². The van der Waals surface area contributed by atoms with Crippen LogP contribution in [0.5, 0.6) is 0 Å². The molecule has 1 aliphatic heterocycles. The summed E-state index contributed by atoms with van der Waals surface area (Å²) in [6, 6.07) is 0.199. The van der Waals surface area contributed by atoms with E-state index in [1.807, 2.05) is 0 Å². The lowest BCUT2D eigenvalue weighted by Crippen LogP contribution is -2.48. The van der Waals surface area contributed by atoms with Crippen molar-refractivity contribution < 1.29 is 9.90 Å². The number of piperidine rings is 1. The van der Waals surface area contributed by atoms with Gasteiger partial charge in [-0.15, -0.1) is 0 Å². The summed E-state index contributed by atoms with van der Waals surface area (Å²) >= 11 is 0. The molecule has 0 aromatic heterocycles. The minimum Gasteiger partial charge on any atom is -0.481 e. The molecule has 100 valence electrons. The number of rotatable bonds is 4. The van der Waals surface area contributed by atoms with Gasteiger partial charge in [0.25, 0.3) is 0 Å². The topological polar surface area (TPSA) is 66.6 Å². The van der Waals surface area contributed by atoms with Crippen LogP contribution in [0, 0.1) is 11.3 Å². The van der Waals surface area contributed by atoms with Gasteiger partial charge in [0, 0.05) is 25.7 Å². The Hall–Kier alpha value is -0.610. The maximum atomic E-state index is 10.6. The summed E-state index contributed by atoms with van der Waals surface area (Å²) in [4.78, 5) is 12.8. The van der Waals surface area contributed by atoms with Gasteiger partial charge in [-0.2, -0.15) is 0 Å². The minimum absolute atomic E-state index is 0.199. The molecule has 2 atom stereocenters. The van der Waals surface area contributed by atoms with Gasteiger partial charge in [0.1, 0.15) is 0 Å². The number of carboxylic acid groups (broad SMARTS) is 1. The van der Waals surface area contributed by atoms with Gasteiger partial charge in [0.15, 0.2) is 0 Å². The number of hydrogen-bond donors (Lipinski definition) is 2. The van der Waals surface area contributed by atoms with Crippen molar-refractivity contribution in [1.82, 2.24) is 4.90 Å². The van der Waals surface area contributed by atoms with Crippen molar-refractivity contribution in [3.05, 3.63) is 0 Å². The van der Waals surface area contributed by atoms with Gasteiger partial charge in [-0.25, -0.2) is 0 Å². The summed E-state index contributed by atoms with van der Waals surface area (Å²) in [7, 11) is 0. The van der Waals surface area contributed by atoms with Crippen LogP contribution in [-0.2, 0) is 4.79 Å². The molecular weight excluding hydrogens is 216 g/mol. The van der Waals surface area contributed by atoms with E-state index in [2.05, 4.69) is 25.7 Å². The Balaban J connectivity index is 2.44. The molecular formula is C13H26N2O2. The predicted octanol–water partition coefficient (Wildman–Crippen LogP) is 1.55. The van der Waals surface area contributed by atoms with E-state index in [0.29, 0.717) is 17.9 Å². The summed E-state index contributed by atoms with van der Waals surface area (Å²) in [5.74, 6) is -0.121. The van der Waals surface area contributed by atoms with Crippen LogP contribution in [0.3, 0.4) is 0 Å². The second-order valence-electron chi connectivity index (χ2n) is 6.53. The van der Waals surface area contributed by atoms with Crippen LogP contribution in [0.2, 0.25) is 0 Å². The summed E-state index contributed by atoms with van der Waals surface area (Å²) in [6.45, 7) is 9.20. The number of carbonyl (C=O) groups is 1. The second-order valence-corrected chi connectivity index (χ2v) is 6.53. The third kappa shape index (κ3) is 6.03. The number of nitrogens with zero attached hydrogens (tertiary/aromatic N) is 1. The number of aliphatic carboxylic acids is 1. The fourth-order valence-electron chi connectivity index (χ4n) is 2.80. The average molecular weight is 242 g/mol. The van der Waals surface area contributed by atoms with E-state index in [-0.39, 0.29) is 12.5 Å². The number of likely N-dealkylation sites (tertiary alicyclic amines) is 1. The van der Waals surface area contributed by atoms with Crippen molar-refractivity contribution in [1.29, 1.82) is 0 Å². The molecule has 0 radical (unpaired) electrons. The molecule has 1 rings (SSSR count).